The number of morpholine rings is 1. The molecule has 1 aliphatic heterocycles. The number of ether oxygens (including phenoxy) is 1. The molecular weight excluding hydrogens is 286 g/mol. The Morgan fingerprint density at radius 1 is 1.57 bits per heavy atom. The van der Waals surface area contributed by atoms with E-state index in [0.29, 0.717) is 24.3 Å². The number of aromatic amines is 1. The quantitative estimate of drug-likeness (QED) is 0.926. The van der Waals surface area contributed by atoms with E-state index in [-0.39, 0.29) is 18.1 Å². The van der Waals surface area contributed by atoms with Crippen LogP contribution in [-0.4, -0.2) is 35.0 Å². The van der Waals surface area contributed by atoms with Crippen LogP contribution in [0.4, 0.5) is 0 Å². The molecule has 0 unspecified atom stereocenters. The Morgan fingerprint density at radius 3 is 3.10 bits per heavy atom. The van der Waals surface area contributed by atoms with Gasteiger partial charge in [-0.25, -0.2) is 0 Å². The summed E-state index contributed by atoms with van der Waals surface area (Å²) in [5.41, 5.74) is 2.02. The molecule has 5 nitrogen and oxygen atoms in total. The van der Waals surface area contributed by atoms with Crippen molar-refractivity contribution in [1.29, 1.82) is 5.26 Å². The van der Waals surface area contributed by atoms with Crippen LogP contribution in [0.2, 0.25) is 0 Å². The molecule has 3 heterocycles. The van der Waals surface area contributed by atoms with Crippen LogP contribution in [0.3, 0.4) is 0 Å². The Balaban J connectivity index is 1.78. The maximum absolute atomic E-state index is 12.5. The van der Waals surface area contributed by atoms with Gasteiger partial charge in [-0.3, -0.25) is 4.79 Å². The molecule has 108 valence electrons. The Morgan fingerprint density at radius 2 is 2.43 bits per heavy atom. The second kappa shape index (κ2) is 5.72. The average Bonchev–Trinajstić information content (AvgIpc) is 3.17. The summed E-state index contributed by atoms with van der Waals surface area (Å²) in [6, 6.07) is 5.63. The third kappa shape index (κ3) is 2.84. The lowest BCUT2D eigenvalue weighted by Crippen LogP contribution is -2.46. The molecule has 0 spiro atoms. The van der Waals surface area contributed by atoms with Crippen LogP contribution in [0, 0.1) is 11.3 Å². The Bertz CT molecular complexity index is 671. The maximum Gasteiger partial charge on any atom is 0.270 e. The molecule has 1 amide bonds. The summed E-state index contributed by atoms with van der Waals surface area (Å²) in [4.78, 5) is 17.2. The third-order valence-corrected chi connectivity index (χ3v) is 4.21. The molecule has 0 saturated carbocycles. The lowest BCUT2D eigenvalue weighted by atomic mass is 10.1. The SMILES string of the molecule is C[C@@H]1CN(C(=O)c2cc(C#N)c[nH]2)C[C@@H](c2ccsc2)O1. The molecule has 3 rings (SSSR count). The first-order chi connectivity index (χ1) is 10.2. The fourth-order valence-corrected chi connectivity index (χ4v) is 3.21. The van der Waals surface area contributed by atoms with Gasteiger partial charge < -0.3 is 14.6 Å². The minimum atomic E-state index is -0.0909. The number of thiophene rings is 1. The number of hydrogen-bond donors (Lipinski definition) is 1. The predicted molar refractivity (Wildman–Crippen MR) is 79.0 cm³/mol. The van der Waals surface area contributed by atoms with E-state index in [1.165, 1.54) is 0 Å². The number of carbonyl (C=O) groups excluding carboxylic acids is 1. The summed E-state index contributed by atoms with van der Waals surface area (Å²) in [6.07, 6.45) is 1.44. The first-order valence-corrected chi connectivity index (χ1v) is 7.67. The Hall–Kier alpha value is -2.10. The first kappa shape index (κ1) is 13.9. The van der Waals surface area contributed by atoms with Gasteiger partial charge in [-0.05, 0) is 35.4 Å². The van der Waals surface area contributed by atoms with Gasteiger partial charge in [-0.2, -0.15) is 16.6 Å². The van der Waals surface area contributed by atoms with Crippen LogP contribution in [0.5, 0.6) is 0 Å². The van der Waals surface area contributed by atoms with E-state index in [1.54, 1.807) is 28.5 Å². The predicted octanol–water partition coefficient (Wildman–Crippen LogP) is 2.55. The lowest BCUT2D eigenvalue weighted by Gasteiger charge is -2.36. The van der Waals surface area contributed by atoms with Crippen LogP contribution in [-0.2, 0) is 4.74 Å². The molecule has 0 aliphatic carbocycles. The van der Waals surface area contributed by atoms with E-state index in [0.717, 1.165) is 5.56 Å². The number of rotatable bonds is 2. The van der Waals surface area contributed by atoms with Crippen molar-refractivity contribution < 1.29 is 9.53 Å². The molecule has 2 aromatic rings. The number of nitrogens with zero attached hydrogens (tertiary/aromatic N) is 2. The molecule has 0 bridgehead atoms. The van der Waals surface area contributed by atoms with Gasteiger partial charge in [0.05, 0.1) is 18.2 Å². The fourth-order valence-electron chi connectivity index (χ4n) is 2.51. The van der Waals surface area contributed by atoms with E-state index in [1.807, 2.05) is 29.8 Å². The van der Waals surface area contributed by atoms with Gasteiger partial charge in [0.1, 0.15) is 17.9 Å². The van der Waals surface area contributed by atoms with Crippen molar-refractivity contribution in [2.24, 2.45) is 0 Å². The second-order valence-corrected chi connectivity index (χ2v) is 5.90. The molecule has 0 radical (unpaired) electrons. The summed E-state index contributed by atoms with van der Waals surface area (Å²) < 4.78 is 5.92. The zero-order chi connectivity index (χ0) is 14.8. The molecule has 1 fully saturated rings. The monoisotopic (exact) mass is 301 g/mol. The molecule has 6 heteroatoms. The molecule has 21 heavy (non-hydrogen) atoms. The van der Waals surface area contributed by atoms with Crippen molar-refractivity contribution in [3.8, 4) is 6.07 Å². The van der Waals surface area contributed by atoms with Gasteiger partial charge in [0.2, 0.25) is 0 Å². The molecule has 0 aromatic carbocycles. The molecular formula is C15H15N3O2S. The number of aromatic nitrogens is 1. The number of H-pyrrole nitrogens is 1. The number of nitrogens with one attached hydrogen (secondary N) is 1. The van der Waals surface area contributed by atoms with Gasteiger partial charge in [0.15, 0.2) is 0 Å². The van der Waals surface area contributed by atoms with Crippen molar-refractivity contribution in [2.75, 3.05) is 13.1 Å². The van der Waals surface area contributed by atoms with Gasteiger partial charge in [-0.15, -0.1) is 0 Å². The van der Waals surface area contributed by atoms with E-state index < -0.39 is 0 Å². The standard InChI is InChI=1S/C15H15N3O2S/c1-10-7-18(8-14(20-10)12-2-3-21-9-12)15(19)13-4-11(5-16)6-17-13/h2-4,6,9-10,14,17H,7-8H2,1H3/t10-,14+/m1/s1. The zero-order valence-electron chi connectivity index (χ0n) is 11.6. The highest BCUT2D eigenvalue weighted by Crippen LogP contribution is 2.27. The topological polar surface area (TPSA) is 69.1 Å². The maximum atomic E-state index is 12.5. The summed E-state index contributed by atoms with van der Waals surface area (Å²) in [7, 11) is 0. The normalized spacial score (nSPS) is 22.0. The second-order valence-electron chi connectivity index (χ2n) is 5.12. The smallest absolute Gasteiger partial charge is 0.270 e. The van der Waals surface area contributed by atoms with E-state index in [9.17, 15) is 4.79 Å². The molecule has 2 aromatic heterocycles. The highest BCUT2D eigenvalue weighted by molar-refractivity contribution is 7.07. The van der Waals surface area contributed by atoms with Gasteiger partial charge >= 0.3 is 0 Å². The van der Waals surface area contributed by atoms with Crippen LogP contribution >= 0.6 is 11.3 Å². The minimum Gasteiger partial charge on any atom is -0.367 e. The van der Waals surface area contributed by atoms with E-state index in [4.69, 9.17) is 10.00 Å². The lowest BCUT2D eigenvalue weighted by molar-refractivity contribution is -0.0691. The summed E-state index contributed by atoms with van der Waals surface area (Å²) in [5, 5.41) is 12.9. The van der Waals surface area contributed by atoms with Gasteiger partial charge in [0.25, 0.3) is 5.91 Å². The average molecular weight is 301 g/mol. The highest BCUT2D eigenvalue weighted by atomic mass is 32.1. The third-order valence-electron chi connectivity index (χ3n) is 3.50. The summed E-state index contributed by atoms with van der Waals surface area (Å²) in [5.74, 6) is -0.0909. The van der Waals surface area contributed by atoms with Crippen molar-refractivity contribution in [3.05, 3.63) is 45.9 Å². The van der Waals surface area contributed by atoms with Gasteiger partial charge in [0, 0.05) is 12.7 Å². The Kier molecular flexibility index (Phi) is 3.78. The van der Waals surface area contributed by atoms with E-state index in [2.05, 4.69) is 4.98 Å². The van der Waals surface area contributed by atoms with Crippen molar-refractivity contribution in [3.63, 3.8) is 0 Å². The van der Waals surface area contributed by atoms with Crippen LogP contribution in [0.15, 0.2) is 29.1 Å². The van der Waals surface area contributed by atoms with E-state index >= 15 is 0 Å². The molecule has 1 saturated heterocycles. The van der Waals surface area contributed by atoms with Crippen molar-refractivity contribution in [2.45, 2.75) is 19.1 Å². The van der Waals surface area contributed by atoms with Crippen LogP contribution < -0.4 is 0 Å². The number of amides is 1. The van der Waals surface area contributed by atoms with Gasteiger partial charge in [-0.1, -0.05) is 0 Å². The molecule has 1 N–H and O–H groups in total. The summed E-state index contributed by atoms with van der Waals surface area (Å²) >= 11 is 1.62. The Labute approximate surface area is 126 Å². The largest absolute Gasteiger partial charge is 0.367 e. The molecule has 2 atom stereocenters. The highest BCUT2D eigenvalue weighted by Gasteiger charge is 2.30. The number of carbonyl (C=O) groups is 1. The van der Waals surface area contributed by atoms with Crippen LogP contribution in [0.25, 0.3) is 0 Å². The number of hydrogen-bond acceptors (Lipinski definition) is 4. The minimum absolute atomic E-state index is 0.0157. The first-order valence-electron chi connectivity index (χ1n) is 6.72. The fraction of sp³-hybridized carbons (Fsp3) is 0.333. The van der Waals surface area contributed by atoms with Crippen molar-refractivity contribution >= 4 is 17.2 Å². The molecule has 1 aliphatic rings. The number of nitriles is 1. The van der Waals surface area contributed by atoms with Crippen molar-refractivity contribution in [1.82, 2.24) is 9.88 Å². The zero-order valence-corrected chi connectivity index (χ0v) is 12.4. The van der Waals surface area contributed by atoms with Crippen LogP contribution in [0.1, 0.15) is 34.6 Å². The summed E-state index contributed by atoms with van der Waals surface area (Å²) in [6.45, 7) is 3.05.